The van der Waals surface area contributed by atoms with Crippen LogP contribution >= 0.6 is 15.9 Å². The summed E-state index contributed by atoms with van der Waals surface area (Å²) in [4.78, 5) is 4.64. The van der Waals surface area contributed by atoms with Crippen molar-refractivity contribution >= 4 is 25.8 Å². The standard InChI is InChI=1S/C17H19BrN2O4S/c18-14-3-1-13(2-4-14)17(6-8-23-9-7-17)16-19-15(20-24-16)12-5-10-25(21,22)11-12/h1-4,12H,5-11H2/t12-/m1/s1. The first-order valence-corrected chi connectivity index (χ1v) is 11.0. The van der Waals surface area contributed by atoms with Crippen molar-refractivity contribution in [3.05, 3.63) is 46.0 Å². The van der Waals surface area contributed by atoms with Crippen molar-refractivity contribution in [2.75, 3.05) is 24.7 Å². The molecule has 1 aromatic carbocycles. The Morgan fingerprint density at radius 3 is 2.52 bits per heavy atom. The summed E-state index contributed by atoms with van der Waals surface area (Å²) < 4.78 is 35.7. The van der Waals surface area contributed by atoms with E-state index in [1.54, 1.807) is 0 Å². The summed E-state index contributed by atoms with van der Waals surface area (Å²) in [6.07, 6.45) is 2.09. The van der Waals surface area contributed by atoms with Gasteiger partial charge in [-0.3, -0.25) is 0 Å². The van der Waals surface area contributed by atoms with Crippen LogP contribution in [0.2, 0.25) is 0 Å². The number of aromatic nitrogens is 2. The lowest BCUT2D eigenvalue weighted by molar-refractivity contribution is 0.0523. The first kappa shape index (κ1) is 17.2. The molecule has 0 radical (unpaired) electrons. The molecule has 4 rings (SSSR count). The van der Waals surface area contributed by atoms with Crippen LogP contribution in [0.5, 0.6) is 0 Å². The Kier molecular flexibility index (Phi) is 4.45. The number of sulfone groups is 1. The van der Waals surface area contributed by atoms with E-state index in [9.17, 15) is 8.42 Å². The predicted molar refractivity (Wildman–Crippen MR) is 95.3 cm³/mol. The highest BCUT2D eigenvalue weighted by molar-refractivity contribution is 9.10. The maximum atomic E-state index is 11.7. The van der Waals surface area contributed by atoms with E-state index in [2.05, 4.69) is 38.2 Å². The molecule has 6 nitrogen and oxygen atoms in total. The summed E-state index contributed by atoms with van der Waals surface area (Å²) in [5.74, 6) is 1.23. The van der Waals surface area contributed by atoms with Crippen LogP contribution in [0, 0.1) is 0 Å². The Morgan fingerprint density at radius 1 is 1.16 bits per heavy atom. The molecule has 0 unspecified atom stereocenters. The molecule has 2 aliphatic heterocycles. The van der Waals surface area contributed by atoms with Crippen LogP contribution in [-0.4, -0.2) is 43.3 Å². The van der Waals surface area contributed by atoms with E-state index < -0.39 is 9.84 Å². The summed E-state index contributed by atoms with van der Waals surface area (Å²) in [6, 6.07) is 8.15. The van der Waals surface area contributed by atoms with Gasteiger partial charge in [-0.2, -0.15) is 4.98 Å². The van der Waals surface area contributed by atoms with E-state index in [-0.39, 0.29) is 22.8 Å². The average Bonchev–Trinajstić information content (AvgIpc) is 3.23. The third kappa shape index (κ3) is 3.27. The van der Waals surface area contributed by atoms with E-state index >= 15 is 0 Å². The number of ether oxygens (including phenoxy) is 1. The lowest BCUT2D eigenvalue weighted by atomic mass is 9.74. The highest BCUT2D eigenvalue weighted by Gasteiger charge is 2.42. The lowest BCUT2D eigenvalue weighted by Crippen LogP contribution is -2.35. The summed E-state index contributed by atoms with van der Waals surface area (Å²) in [7, 11) is -2.98. The van der Waals surface area contributed by atoms with Gasteiger partial charge in [0.2, 0.25) is 5.89 Å². The van der Waals surface area contributed by atoms with Crippen molar-refractivity contribution in [1.82, 2.24) is 10.1 Å². The second-order valence-corrected chi connectivity index (χ2v) is 9.90. The zero-order valence-corrected chi connectivity index (χ0v) is 16.1. The number of benzene rings is 1. The van der Waals surface area contributed by atoms with Gasteiger partial charge in [0.1, 0.15) is 0 Å². The Bertz CT molecular complexity index is 857. The average molecular weight is 427 g/mol. The fourth-order valence-electron chi connectivity index (χ4n) is 3.71. The number of nitrogens with zero attached hydrogens (tertiary/aromatic N) is 2. The summed E-state index contributed by atoms with van der Waals surface area (Å²) in [6.45, 7) is 1.26. The Hall–Kier alpha value is -1.25. The molecule has 25 heavy (non-hydrogen) atoms. The van der Waals surface area contributed by atoms with Crippen molar-refractivity contribution in [1.29, 1.82) is 0 Å². The first-order valence-electron chi connectivity index (χ1n) is 8.37. The highest BCUT2D eigenvalue weighted by Crippen LogP contribution is 2.41. The largest absolute Gasteiger partial charge is 0.381 e. The number of hydrogen-bond donors (Lipinski definition) is 0. The molecule has 3 heterocycles. The van der Waals surface area contributed by atoms with E-state index in [0.29, 0.717) is 31.3 Å². The minimum absolute atomic E-state index is 0.111. The molecule has 0 amide bonds. The molecule has 0 N–H and O–H groups in total. The summed E-state index contributed by atoms with van der Waals surface area (Å²) in [5.41, 5.74) is 0.745. The van der Waals surface area contributed by atoms with Gasteiger partial charge in [-0.1, -0.05) is 33.2 Å². The molecular weight excluding hydrogens is 408 g/mol. The number of hydrogen-bond acceptors (Lipinski definition) is 6. The van der Waals surface area contributed by atoms with Gasteiger partial charge in [-0.25, -0.2) is 8.42 Å². The second kappa shape index (κ2) is 6.48. The molecule has 2 aromatic rings. The molecule has 2 saturated heterocycles. The molecule has 1 aromatic heterocycles. The Morgan fingerprint density at radius 2 is 1.88 bits per heavy atom. The zero-order chi connectivity index (χ0) is 17.5. The smallest absolute Gasteiger partial charge is 0.237 e. The van der Waals surface area contributed by atoms with Gasteiger partial charge in [0.05, 0.1) is 16.9 Å². The van der Waals surface area contributed by atoms with Crippen molar-refractivity contribution in [3.8, 4) is 0 Å². The van der Waals surface area contributed by atoms with Gasteiger partial charge in [0.15, 0.2) is 15.7 Å². The van der Waals surface area contributed by atoms with Gasteiger partial charge < -0.3 is 9.26 Å². The van der Waals surface area contributed by atoms with Crippen LogP contribution in [0.4, 0.5) is 0 Å². The Balaban J connectivity index is 1.70. The third-order valence-corrected chi connectivity index (χ3v) is 7.49. The quantitative estimate of drug-likeness (QED) is 0.750. The Labute approximate surface area is 155 Å². The molecule has 0 bridgehead atoms. The van der Waals surface area contributed by atoms with Gasteiger partial charge in [-0.15, -0.1) is 0 Å². The van der Waals surface area contributed by atoms with Crippen molar-refractivity contribution < 1.29 is 17.7 Å². The number of rotatable bonds is 3. The van der Waals surface area contributed by atoms with Crippen LogP contribution in [0.25, 0.3) is 0 Å². The SMILES string of the molecule is O=S1(=O)CC[C@@H](c2noc(C3(c4ccc(Br)cc4)CCOCC3)n2)C1. The maximum Gasteiger partial charge on any atom is 0.237 e. The zero-order valence-electron chi connectivity index (χ0n) is 13.7. The van der Waals surface area contributed by atoms with Crippen LogP contribution < -0.4 is 0 Å². The normalized spacial score (nSPS) is 25.1. The van der Waals surface area contributed by atoms with E-state index in [4.69, 9.17) is 9.26 Å². The fourth-order valence-corrected chi connectivity index (χ4v) is 5.71. The van der Waals surface area contributed by atoms with Crippen molar-refractivity contribution in [2.45, 2.75) is 30.6 Å². The van der Waals surface area contributed by atoms with Crippen molar-refractivity contribution in [2.24, 2.45) is 0 Å². The summed E-state index contributed by atoms with van der Waals surface area (Å²) >= 11 is 3.47. The molecule has 0 saturated carbocycles. The van der Waals surface area contributed by atoms with E-state index in [1.165, 1.54) is 0 Å². The molecular formula is C17H19BrN2O4S. The van der Waals surface area contributed by atoms with Gasteiger partial charge in [-0.05, 0) is 37.0 Å². The van der Waals surface area contributed by atoms with Crippen molar-refractivity contribution in [3.63, 3.8) is 0 Å². The van der Waals surface area contributed by atoms with Gasteiger partial charge in [0.25, 0.3) is 0 Å². The van der Waals surface area contributed by atoms with Crippen LogP contribution in [-0.2, 0) is 20.0 Å². The van der Waals surface area contributed by atoms with E-state index in [1.807, 2.05) is 12.1 Å². The van der Waals surface area contributed by atoms with Crippen LogP contribution in [0.3, 0.4) is 0 Å². The second-order valence-electron chi connectivity index (χ2n) is 6.76. The molecule has 134 valence electrons. The molecule has 0 spiro atoms. The third-order valence-electron chi connectivity index (χ3n) is 5.19. The lowest BCUT2D eigenvalue weighted by Gasteiger charge is -2.34. The molecule has 2 aliphatic rings. The molecule has 2 fully saturated rings. The minimum Gasteiger partial charge on any atom is -0.381 e. The number of halogens is 1. The maximum absolute atomic E-state index is 11.7. The minimum atomic E-state index is -2.98. The van der Waals surface area contributed by atoms with Gasteiger partial charge >= 0.3 is 0 Å². The molecule has 0 aliphatic carbocycles. The van der Waals surface area contributed by atoms with Crippen LogP contribution in [0.1, 0.15) is 42.5 Å². The monoisotopic (exact) mass is 426 g/mol. The molecule has 8 heteroatoms. The topological polar surface area (TPSA) is 82.3 Å². The first-order chi connectivity index (χ1) is 12.0. The van der Waals surface area contributed by atoms with Gasteiger partial charge in [0, 0.05) is 23.6 Å². The fraction of sp³-hybridized carbons (Fsp3) is 0.529. The van der Waals surface area contributed by atoms with E-state index in [0.717, 1.165) is 22.9 Å². The highest BCUT2D eigenvalue weighted by atomic mass is 79.9. The predicted octanol–water partition coefficient (Wildman–Crippen LogP) is 2.83. The molecule has 1 atom stereocenters. The van der Waals surface area contributed by atoms with Crippen LogP contribution in [0.15, 0.2) is 33.3 Å². The summed E-state index contributed by atoms with van der Waals surface area (Å²) in [5, 5.41) is 4.13.